The molecule has 0 saturated heterocycles. The zero-order valence-corrected chi connectivity index (χ0v) is 16.0. The minimum Gasteiger partial charge on any atom is -0.491 e. The smallest absolute Gasteiger partial charge is 0.210 e. The van der Waals surface area contributed by atoms with Crippen LogP contribution in [0.25, 0.3) is 0 Å². The minimum atomic E-state index is -0.622. The highest BCUT2D eigenvalue weighted by Crippen LogP contribution is 2.28. The summed E-state index contributed by atoms with van der Waals surface area (Å²) in [5.41, 5.74) is 1.90. The first-order valence-electron chi connectivity index (χ1n) is 8.28. The van der Waals surface area contributed by atoms with Gasteiger partial charge in [0.2, 0.25) is 5.13 Å². The molecule has 1 heterocycles. The van der Waals surface area contributed by atoms with Crippen molar-refractivity contribution in [3.05, 3.63) is 60.2 Å². The second-order valence-electron chi connectivity index (χ2n) is 5.62. The second-order valence-corrected chi connectivity index (χ2v) is 7.86. The van der Waals surface area contributed by atoms with Crippen LogP contribution in [0.15, 0.2) is 58.9 Å². The number of rotatable bonds is 9. The summed E-state index contributed by atoms with van der Waals surface area (Å²) in [5, 5.41) is 30.9. The summed E-state index contributed by atoms with van der Waals surface area (Å²) in [6.07, 6.45) is -0.245. The van der Waals surface area contributed by atoms with Crippen LogP contribution in [0.2, 0.25) is 0 Å². The number of aliphatic hydroxyl groups excluding tert-OH is 1. The average Bonchev–Trinajstić information content (AvgIpc) is 3.14. The quantitative estimate of drug-likeness (QED) is 0.529. The molecule has 2 N–H and O–H groups in total. The van der Waals surface area contributed by atoms with Crippen molar-refractivity contribution >= 4 is 33.9 Å². The lowest BCUT2D eigenvalue weighted by Crippen LogP contribution is -2.20. The Kier molecular flexibility index (Phi) is 7.04. The van der Waals surface area contributed by atoms with Crippen molar-refractivity contribution in [2.75, 3.05) is 17.7 Å². The molecule has 8 heteroatoms. The van der Waals surface area contributed by atoms with Crippen LogP contribution >= 0.6 is 23.1 Å². The van der Waals surface area contributed by atoms with Gasteiger partial charge in [-0.2, -0.15) is 5.26 Å². The second kappa shape index (κ2) is 9.92. The van der Waals surface area contributed by atoms with Gasteiger partial charge in [0.05, 0.1) is 18.6 Å². The molecule has 0 radical (unpaired) electrons. The molecular weight excluding hydrogens is 380 g/mol. The van der Waals surface area contributed by atoms with Crippen LogP contribution in [-0.4, -0.2) is 33.8 Å². The largest absolute Gasteiger partial charge is 0.491 e. The standard InChI is InChI=1S/C19H18N4O2S2/c20-11-10-14-6-8-17(9-7-14)25-12-16(24)13-26-19-23-22-18(27-19)21-15-4-2-1-3-5-15/h1-9,16,24H,10,12-13H2,(H,21,22). The van der Waals surface area contributed by atoms with Crippen molar-refractivity contribution in [1.29, 1.82) is 5.26 Å². The Hall–Kier alpha value is -2.60. The number of thioether (sulfide) groups is 1. The average molecular weight is 399 g/mol. The SMILES string of the molecule is N#CCc1ccc(OCC(O)CSc2nnc(Nc3ccccc3)s2)cc1. The lowest BCUT2D eigenvalue weighted by Gasteiger charge is -2.11. The van der Waals surface area contributed by atoms with E-state index < -0.39 is 6.10 Å². The molecule has 1 atom stereocenters. The van der Waals surface area contributed by atoms with E-state index in [1.807, 2.05) is 42.5 Å². The van der Waals surface area contributed by atoms with E-state index in [1.165, 1.54) is 23.1 Å². The highest BCUT2D eigenvalue weighted by atomic mass is 32.2. The first-order chi connectivity index (χ1) is 13.2. The van der Waals surface area contributed by atoms with Crippen molar-refractivity contribution < 1.29 is 9.84 Å². The van der Waals surface area contributed by atoms with Crippen molar-refractivity contribution in [3.8, 4) is 11.8 Å². The number of hydrogen-bond donors (Lipinski definition) is 2. The number of ether oxygens (including phenoxy) is 1. The van der Waals surface area contributed by atoms with Gasteiger partial charge < -0.3 is 15.2 Å². The molecule has 0 amide bonds. The highest BCUT2D eigenvalue weighted by molar-refractivity contribution is 8.01. The molecule has 0 aliphatic carbocycles. The predicted molar refractivity (Wildman–Crippen MR) is 108 cm³/mol. The molecule has 0 saturated carbocycles. The van der Waals surface area contributed by atoms with Gasteiger partial charge in [-0.05, 0) is 29.8 Å². The van der Waals surface area contributed by atoms with Crippen LogP contribution in [0, 0.1) is 11.3 Å². The van der Waals surface area contributed by atoms with Crippen LogP contribution in [0.1, 0.15) is 5.56 Å². The van der Waals surface area contributed by atoms with Crippen LogP contribution in [-0.2, 0) is 6.42 Å². The maximum Gasteiger partial charge on any atom is 0.210 e. The number of para-hydroxylation sites is 1. The Balaban J connectivity index is 1.41. The number of hydrogen-bond acceptors (Lipinski definition) is 8. The number of nitriles is 1. The van der Waals surface area contributed by atoms with Crippen molar-refractivity contribution in [3.63, 3.8) is 0 Å². The van der Waals surface area contributed by atoms with Gasteiger partial charge in [-0.25, -0.2) is 0 Å². The molecule has 27 heavy (non-hydrogen) atoms. The number of anilines is 2. The molecule has 0 bridgehead atoms. The van der Waals surface area contributed by atoms with Gasteiger partial charge in [-0.3, -0.25) is 0 Å². The van der Waals surface area contributed by atoms with E-state index in [-0.39, 0.29) is 6.61 Å². The van der Waals surface area contributed by atoms with Crippen molar-refractivity contribution in [1.82, 2.24) is 10.2 Å². The zero-order chi connectivity index (χ0) is 18.9. The van der Waals surface area contributed by atoms with E-state index in [2.05, 4.69) is 21.6 Å². The zero-order valence-electron chi connectivity index (χ0n) is 14.4. The first-order valence-corrected chi connectivity index (χ1v) is 10.1. The number of benzene rings is 2. The molecule has 6 nitrogen and oxygen atoms in total. The van der Waals surface area contributed by atoms with Gasteiger partial charge in [0.1, 0.15) is 12.4 Å². The van der Waals surface area contributed by atoms with E-state index >= 15 is 0 Å². The molecule has 0 aliphatic heterocycles. The molecule has 3 rings (SSSR count). The fourth-order valence-electron chi connectivity index (χ4n) is 2.17. The van der Waals surface area contributed by atoms with E-state index in [9.17, 15) is 5.11 Å². The van der Waals surface area contributed by atoms with Crippen molar-refractivity contribution in [2.24, 2.45) is 0 Å². The minimum absolute atomic E-state index is 0.193. The Labute approximate surface area is 165 Å². The predicted octanol–water partition coefficient (Wildman–Crippen LogP) is 3.88. The fraction of sp³-hybridized carbons (Fsp3) is 0.211. The summed E-state index contributed by atoms with van der Waals surface area (Å²) in [7, 11) is 0. The lowest BCUT2D eigenvalue weighted by atomic mass is 10.2. The van der Waals surface area contributed by atoms with E-state index in [0.717, 1.165) is 15.6 Å². The summed E-state index contributed by atoms with van der Waals surface area (Å²) in [4.78, 5) is 0. The third-order valence-corrected chi connectivity index (χ3v) is 5.60. The topological polar surface area (TPSA) is 91.1 Å². The fourth-order valence-corrected chi connectivity index (χ4v) is 3.87. The van der Waals surface area contributed by atoms with Crippen LogP contribution in [0.3, 0.4) is 0 Å². The third-order valence-electron chi connectivity index (χ3n) is 3.48. The van der Waals surface area contributed by atoms with E-state index in [1.54, 1.807) is 12.1 Å². The Bertz CT molecular complexity index is 879. The Morgan fingerprint density at radius 2 is 1.93 bits per heavy atom. The molecule has 0 spiro atoms. The van der Waals surface area contributed by atoms with E-state index in [0.29, 0.717) is 23.1 Å². The molecule has 3 aromatic rings. The van der Waals surface area contributed by atoms with Gasteiger partial charge in [-0.15, -0.1) is 10.2 Å². The van der Waals surface area contributed by atoms with Crippen LogP contribution in [0.5, 0.6) is 5.75 Å². The van der Waals surface area contributed by atoms with Crippen LogP contribution in [0.4, 0.5) is 10.8 Å². The maximum absolute atomic E-state index is 10.1. The first kappa shape index (κ1) is 19.2. The summed E-state index contributed by atoms with van der Waals surface area (Å²) >= 11 is 2.88. The molecule has 2 aromatic carbocycles. The molecule has 0 aliphatic rings. The number of nitrogens with one attached hydrogen (secondary N) is 1. The van der Waals surface area contributed by atoms with Gasteiger partial charge >= 0.3 is 0 Å². The normalized spacial score (nSPS) is 11.6. The number of aliphatic hydroxyl groups is 1. The number of nitrogens with zero attached hydrogens (tertiary/aromatic N) is 3. The highest BCUT2D eigenvalue weighted by Gasteiger charge is 2.10. The molecule has 1 unspecified atom stereocenters. The monoisotopic (exact) mass is 398 g/mol. The van der Waals surface area contributed by atoms with Gasteiger partial charge in [0.25, 0.3) is 0 Å². The van der Waals surface area contributed by atoms with Gasteiger partial charge in [0.15, 0.2) is 4.34 Å². The molecule has 138 valence electrons. The van der Waals surface area contributed by atoms with Crippen molar-refractivity contribution in [2.45, 2.75) is 16.9 Å². The van der Waals surface area contributed by atoms with Gasteiger partial charge in [0, 0.05) is 11.4 Å². The Morgan fingerprint density at radius 3 is 2.67 bits per heavy atom. The summed E-state index contributed by atoms with van der Waals surface area (Å²) in [6.45, 7) is 0.193. The molecule has 1 aromatic heterocycles. The summed E-state index contributed by atoms with van der Waals surface area (Å²) in [6, 6.07) is 19.2. The summed E-state index contributed by atoms with van der Waals surface area (Å²) < 4.78 is 6.37. The lowest BCUT2D eigenvalue weighted by molar-refractivity contribution is 0.126. The number of aromatic nitrogens is 2. The van der Waals surface area contributed by atoms with E-state index in [4.69, 9.17) is 10.00 Å². The summed E-state index contributed by atoms with van der Waals surface area (Å²) in [5.74, 6) is 1.14. The molecular formula is C19H18N4O2S2. The molecule has 0 fully saturated rings. The maximum atomic E-state index is 10.1. The van der Waals surface area contributed by atoms with Gasteiger partial charge in [-0.1, -0.05) is 53.4 Å². The Morgan fingerprint density at radius 1 is 1.15 bits per heavy atom. The van der Waals surface area contributed by atoms with Crippen LogP contribution < -0.4 is 10.1 Å². The third kappa shape index (κ3) is 6.25.